The van der Waals surface area contributed by atoms with Crippen molar-refractivity contribution < 1.29 is 80.2 Å². The Balaban J connectivity index is 5.42. The Labute approximate surface area is 607 Å². The van der Waals surface area contributed by atoms with E-state index in [4.69, 9.17) is 37.0 Å². The lowest BCUT2D eigenvalue weighted by atomic mass is 10.1. The molecule has 17 nitrogen and oxygen atoms in total. The highest BCUT2D eigenvalue weighted by molar-refractivity contribution is 7.47. The molecule has 0 saturated carbocycles. The lowest BCUT2D eigenvalue weighted by Crippen LogP contribution is -2.30. The number of allylic oxidation sites excluding steroid dienone is 16. The van der Waals surface area contributed by atoms with Gasteiger partial charge in [-0.25, -0.2) is 9.13 Å². The quantitative estimate of drug-likeness (QED) is 0.0128. The molecule has 0 bridgehead atoms. The smallest absolute Gasteiger partial charge is 0.462 e. The molecule has 0 heterocycles. The van der Waals surface area contributed by atoms with E-state index < -0.39 is 97.5 Å². The average molecular weight is 1450 g/mol. The van der Waals surface area contributed by atoms with E-state index in [-0.39, 0.29) is 25.7 Å². The normalized spacial score (nSPS) is 14.4. The summed E-state index contributed by atoms with van der Waals surface area (Å²) in [4.78, 5) is 72.9. The fourth-order valence-electron chi connectivity index (χ4n) is 10.4. The summed E-state index contributed by atoms with van der Waals surface area (Å²) < 4.78 is 68.5. The molecule has 5 atom stereocenters. The van der Waals surface area contributed by atoms with Gasteiger partial charge in [-0.15, -0.1) is 0 Å². The molecule has 0 spiro atoms. The highest BCUT2D eigenvalue weighted by Gasteiger charge is 2.30. The number of phosphoric acid groups is 2. The molecule has 0 saturated heterocycles. The van der Waals surface area contributed by atoms with Gasteiger partial charge in [0, 0.05) is 25.7 Å². The summed E-state index contributed by atoms with van der Waals surface area (Å²) in [5.41, 5.74) is 0. The van der Waals surface area contributed by atoms with Gasteiger partial charge in [0.05, 0.1) is 26.4 Å². The van der Waals surface area contributed by atoms with Crippen molar-refractivity contribution in [1.29, 1.82) is 0 Å². The highest BCUT2D eigenvalue weighted by atomic mass is 31.2. The Morgan fingerprint density at radius 1 is 0.290 bits per heavy atom. The maximum absolute atomic E-state index is 13.1. The fraction of sp³-hybridized carbons (Fsp3) is 0.753. The van der Waals surface area contributed by atoms with Crippen LogP contribution in [-0.2, 0) is 65.4 Å². The first-order chi connectivity index (χ1) is 48.7. The predicted octanol–water partition coefficient (Wildman–Crippen LogP) is 22.8. The molecule has 0 aromatic carbocycles. The Hall–Kier alpha value is -4.02. The van der Waals surface area contributed by atoms with Crippen LogP contribution in [0, 0.1) is 0 Å². The number of carbonyl (C=O) groups excluding carboxylic acids is 4. The van der Waals surface area contributed by atoms with Crippen LogP contribution in [0.3, 0.4) is 0 Å². The van der Waals surface area contributed by atoms with Crippen LogP contribution in [0.2, 0.25) is 0 Å². The van der Waals surface area contributed by atoms with Crippen LogP contribution in [0.15, 0.2) is 97.2 Å². The van der Waals surface area contributed by atoms with Crippen LogP contribution in [-0.4, -0.2) is 96.7 Å². The maximum Gasteiger partial charge on any atom is 0.472 e. The van der Waals surface area contributed by atoms with Crippen LogP contribution in [0.4, 0.5) is 0 Å². The third-order valence-corrected chi connectivity index (χ3v) is 18.4. The van der Waals surface area contributed by atoms with E-state index in [1.807, 2.05) is 12.2 Å². The van der Waals surface area contributed by atoms with Gasteiger partial charge >= 0.3 is 39.5 Å². The lowest BCUT2D eigenvalue weighted by molar-refractivity contribution is -0.161. The number of hydrogen-bond acceptors (Lipinski definition) is 15. The summed E-state index contributed by atoms with van der Waals surface area (Å²) in [7, 11) is -9.97. The molecule has 0 aliphatic rings. The van der Waals surface area contributed by atoms with E-state index in [9.17, 15) is 43.2 Å². The van der Waals surface area contributed by atoms with Gasteiger partial charge in [-0.2, -0.15) is 0 Å². The molecule has 0 amide bonds. The summed E-state index contributed by atoms with van der Waals surface area (Å²) in [6, 6.07) is 0. The van der Waals surface area contributed by atoms with Gasteiger partial charge < -0.3 is 33.8 Å². The highest BCUT2D eigenvalue weighted by Crippen LogP contribution is 2.45. The fourth-order valence-corrected chi connectivity index (χ4v) is 12.0. The van der Waals surface area contributed by atoms with Crippen molar-refractivity contribution in [3.05, 3.63) is 97.2 Å². The molecule has 3 N–H and O–H groups in total. The minimum atomic E-state index is -4.99. The molecule has 0 aliphatic carbocycles. The van der Waals surface area contributed by atoms with Crippen molar-refractivity contribution >= 4 is 39.5 Å². The van der Waals surface area contributed by atoms with E-state index in [0.29, 0.717) is 32.1 Å². The first kappa shape index (κ1) is 96.0. The van der Waals surface area contributed by atoms with Gasteiger partial charge in [0.15, 0.2) is 12.2 Å². The van der Waals surface area contributed by atoms with Crippen LogP contribution >= 0.6 is 15.6 Å². The first-order valence-corrected chi connectivity index (χ1v) is 42.5. The van der Waals surface area contributed by atoms with Gasteiger partial charge in [0.1, 0.15) is 19.3 Å². The molecule has 100 heavy (non-hydrogen) atoms. The molecular formula is C81H142O17P2. The summed E-state index contributed by atoms with van der Waals surface area (Å²) in [5.74, 6) is -2.26. The zero-order chi connectivity index (χ0) is 73.2. The van der Waals surface area contributed by atoms with Crippen LogP contribution in [0.5, 0.6) is 0 Å². The molecule has 0 fully saturated rings. The average Bonchev–Trinajstić information content (AvgIpc) is 0.945. The number of aliphatic hydroxyl groups is 1. The monoisotopic (exact) mass is 1450 g/mol. The van der Waals surface area contributed by atoms with Crippen LogP contribution in [0.1, 0.15) is 336 Å². The summed E-state index contributed by atoms with van der Waals surface area (Å²) in [5, 5.41) is 10.6. The zero-order valence-electron chi connectivity index (χ0n) is 63.1. The maximum atomic E-state index is 13.1. The molecule has 0 radical (unpaired) electrons. The van der Waals surface area contributed by atoms with Crippen LogP contribution < -0.4 is 0 Å². The van der Waals surface area contributed by atoms with Crippen molar-refractivity contribution in [3.63, 3.8) is 0 Å². The van der Waals surface area contributed by atoms with Gasteiger partial charge in [-0.05, 0) is 141 Å². The predicted molar refractivity (Wildman–Crippen MR) is 409 cm³/mol. The number of unbranched alkanes of at least 4 members (excludes halogenated alkanes) is 33. The summed E-state index contributed by atoms with van der Waals surface area (Å²) in [6.45, 7) is 4.74. The first-order valence-electron chi connectivity index (χ1n) is 39.5. The number of hydrogen-bond donors (Lipinski definition) is 3. The lowest BCUT2D eigenvalue weighted by Gasteiger charge is -2.21. The molecule has 0 aliphatic heterocycles. The topological polar surface area (TPSA) is 237 Å². The van der Waals surface area contributed by atoms with Gasteiger partial charge in [-0.3, -0.25) is 37.3 Å². The molecular weight excluding hydrogens is 1310 g/mol. The minimum absolute atomic E-state index is 0.0655. The van der Waals surface area contributed by atoms with Crippen molar-refractivity contribution in [1.82, 2.24) is 0 Å². The third-order valence-electron chi connectivity index (χ3n) is 16.5. The number of ether oxygens (including phenoxy) is 4. The SMILES string of the molecule is CCCCC/C=C\C/C=C\C/C=C\C/C=C\CCCC(=O)OC[C@H](COP(=O)(O)OC[C@H](O)COP(=O)(O)OC[C@@H](COC(=O)CCCCCCC/C=C\CCCCCC)OC(=O)CCCCCCC/C=C\CCCCCCCC)OC(=O)CCCCCCC/C=C\C=C/CCCCCC. The zero-order valence-corrected chi connectivity index (χ0v) is 64.9. The Bertz CT molecular complexity index is 2270. The van der Waals surface area contributed by atoms with Gasteiger partial charge in [0.2, 0.25) is 0 Å². The van der Waals surface area contributed by atoms with E-state index in [0.717, 1.165) is 141 Å². The van der Waals surface area contributed by atoms with Gasteiger partial charge in [0.25, 0.3) is 0 Å². The van der Waals surface area contributed by atoms with Crippen molar-refractivity contribution in [2.24, 2.45) is 0 Å². The Morgan fingerprint density at radius 3 is 0.890 bits per heavy atom. The van der Waals surface area contributed by atoms with E-state index in [2.05, 4.69) is 113 Å². The van der Waals surface area contributed by atoms with E-state index >= 15 is 0 Å². The van der Waals surface area contributed by atoms with Crippen molar-refractivity contribution in [2.45, 2.75) is 354 Å². The second-order valence-electron chi connectivity index (χ2n) is 26.3. The Morgan fingerprint density at radius 2 is 0.530 bits per heavy atom. The molecule has 578 valence electrons. The second kappa shape index (κ2) is 73.3. The van der Waals surface area contributed by atoms with Crippen molar-refractivity contribution in [3.8, 4) is 0 Å². The third kappa shape index (κ3) is 72.3. The number of aliphatic hydroxyl groups excluding tert-OH is 1. The summed E-state index contributed by atoms with van der Waals surface area (Å²) in [6.07, 6.45) is 76.8. The molecule has 0 aromatic rings. The number of phosphoric ester groups is 2. The molecule has 0 rings (SSSR count). The number of rotatable bonds is 74. The number of carbonyl (C=O) groups is 4. The molecule has 19 heteroatoms. The number of esters is 4. The second-order valence-corrected chi connectivity index (χ2v) is 29.2. The molecule has 0 aromatic heterocycles. The Kier molecular flexibility index (Phi) is 70.4. The van der Waals surface area contributed by atoms with E-state index in [1.54, 1.807) is 0 Å². The van der Waals surface area contributed by atoms with Crippen molar-refractivity contribution in [2.75, 3.05) is 39.6 Å². The minimum Gasteiger partial charge on any atom is -0.462 e. The standard InChI is InChI=1S/C81H142O17P2/c1-5-9-13-17-21-25-29-33-36-37-40-42-46-50-54-58-62-66-79(84)92-72-77(98-81(86)68-64-60-56-52-48-44-39-35-31-27-23-19-15-11-7-3)74-96-100(89,90)94-70-75(82)69-93-99(87,88)95-73-76(71-91-78(83)65-61-57-53-49-45-41-32-28-24-20-16-12-8-4)97-80(85)67-63-59-55-51-47-43-38-34-30-26-22-18-14-10-6-2/h21,25,27-28,31-36,38-40,42,50,54,75-77,82H,5-20,22-24,26,29-30,37,41,43-49,51-53,55-74H2,1-4H3,(H,87,88)(H,89,90)/b25-21-,31-27-,32-28-,36-33-,38-34-,39-35-,42-40-,54-50-/t75-,76-,77-/m1/s1. The van der Waals surface area contributed by atoms with Gasteiger partial charge in [-0.1, -0.05) is 266 Å². The summed E-state index contributed by atoms with van der Waals surface area (Å²) >= 11 is 0. The molecule has 2 unspecified atom stereocenters. The van der Waals surface area contributed by atoms with E-state index in [1.165, 1.54) is 109 Å². The van der Waals surface area contributed by atoms with Crippen LogP contribution in [0.25, 0.3) is 0 Å². The largest absolute Gasteiger partial charge is 0.472 e.